The Morgan fingerprint density at radius 2 is 1.80 bits per heavy atom. The Morgan fingerprint density at radius 1 is 1.15 bits per heavy atom. The van der Waals surface area contributed by atoms with Crippen molar-refractivity contribution in [3.05, 3.63) is 0 Å². The third kappa shape index (κ3) is 3.87. The van der Waals surface area contributed by atoms with Crippen LogP contribution in [0.3, 0.4) is 0 Å². The van der Waals surface area contributed by atoms with E-state index in [0.29, 0.717) is 12.6 Å². The molecule has 2 atom stereocenters. The maximum Gasteiger partial charge on any atom is 0.317 e. The second kappa shape index (κ2) is 6.33. The minimum atomic E-state index is -0.402. The van der Waals surface area contributed by atoms with Crippen molar-refractivity contribution in [2.45, 2.75) is 71.4 Å². The van der Waals surface area contributed by atoms with Crippen LogP contribution in [0.1, 0.15) is 59.3 Å². The average Bonchev–Trinajstić information content (AvgIpc) is 2.38. The third-order valence-electron chi connectivity index (χ3n) is 4.91. The standard InChI is InChI=1S/C16H30N2O2/c1-16(2,3)13-9-10-18(11-14(13)19)15(20)17-12-7-5-4-6-8-12/h12-14,19H,4-11H2,1-3H3,(H,17,20)/t13-,14+/m1/s1. The van der Waals surface area contributed by atoms with E-state index in [4.69, 9.17) is 0 Å². The Hall–Kier alpha value is -0.770. The van der Waals surface area contributed by atoms with Crippen LogP contribution in [0, 0.1) is 11.3 Å². The van der Waals surface area contributed by atoms with Gasteiger partial charge in [0, 0.05) is 19.1 Å². The Balaban J connectivity index is 1.84. The van der Waals surface area contributed by atoms with Crippen LogP contribution >= 0.6 is 0 Å². The number of amides is 2. The lowest BCUT2D eigenvalue weighted by Crippen LogP contribution is -2.54. The zero-order chi connectivity index (χ0) is 14.8. The Morgan fingerprint density at radius 3 is 2.35 bits per heavy atom. The van der Waals surface area contributed by atoms with Crippen LogP contribution in [0.15, 0.2) is 0 Å². The minimum Gasteiger partial charge on any atom is -0.391 e. The molecular weight excluding hydrogens is 252 g/mol. The van der Waals surface area contributed by atoms with E-state index >= 15 is 0 Å². The predicted molar refractivity (Wildman–Crippen MR) is 80.5 cm³/mol. The smallest absolute Gasteiger partial charge is 0.317 e. The maximum absolute atomic E-state index is 12.3. The van der Waals surface area contributed by atoms with E-state index in [9.17, 15) is 9.90 Å². The van der Waals surface area contributed by atoms with Crippen LogP contribution in [-0.4, -0.2) is 41.3 Å². The van der Waals surface area contributed by atoms with Gasteiger partial charge in [-0.1, -0.05) is 40.0 Å². The molecule has 1 aliphatic carbocycles. The van der Waals surface area contributed by atoms with Gasteiger partial charge in [-0.2, -0.15) is 0 Å². The zero-order valence-electron chi connectivity index (χ0n) is 13.2. The van der Waals surface area contributed by atoms with Gasteiger partial charge in [-0.05, 0) is 30.6 Å². The van der Waals surface area contributed by atoms with Gasteiger partial charge in [0.2, 0.25) is 0 Å². The molecule has 4 nitrogen and oxygen atoms in total. The van der Waals surface area contributed by atoms with Crippen molar-refractivity contribution in [2.24, 2.45) is 11.3 Å². The number of aliphatic hydroxyl groups excluding tert-OH is 1. The van der Waals surface area contributed by atoms with Crippen molar-refractivity contribution >= 4 is 6.03 Å². The number of likely N-dealkylation sites (tertiary alicyclic amines) is 1. The molecule has 1 saturated heterocycles. The summed E-state index contributed by atoms with van der Waals surface area (Å²) in [6.07, 6.45) is 6.43. The van der Waals surface area contributed by atoms with E-state index in [2.05, 4.69) is 26.1 Å². The van der Waals surface area contributed by atoms with Crippen molar-refractivity contribution in [1.29, 1.82) is 0 Å². The van der Waals surface area contributed by atoms with E-state index in [1.807, 2.05) is 0 Å². The summed E-state index contributed by atoms with van der Waals surface area (Å²) in [6, 6.07) is 0.358. The fourth-order valence-electron chi connectivity index (χ4n) is 3.64. The molecule has 0 unspecified atom stereocenters. The normalized spacial score (nSPS) is 29.3. The van der Waals surface area contributed by atoms with Crippen LogP contribution in [0.5, 0.6) is 0 Å². The van der Waals surface area contributed by atoms with Crippen molar-refractivity contribution in [3.8, 4) is 0 Å². The van der Waals surface area contributed by atoms with Gasteiger partial charge in [0.05, 0.1) is 6.10 Å². The summed E-state index contributed by atoms with van der Waals surface area (Å²) in [5, 5.41) is 13.4. The van der Waals surface area contributed by atoms with E-state index in [1.54, 1.807) is 4.90 Å². The molecule has 20 heavy (non-hydrogen) atoms. The molecule has 1 saturated carbocycles. The molecule has 2 fully saturated rings. The lowest BCUT2D eigenvalue weighted by atomic mass is 9.74. The monoisotopic (exact) mass is 282 g/mol. The zero-order valence-corrected chi connectivity index (χ0v) is 13.2. The highest BCUT2D eigenvalue weighted by Crippen LogP contribution is 2.34. The largest absolute Gasteiger partial charge is 0.391 e. The number of aliphatic hydroxyl groups is 1. The highest BCUT2D eigenvalue weighted by molar-refractivity contribution is 5.74. The van der Waals surface area contributed by atoms with Gasteiger partial charge in [-0.3, -0.25) is 0 Å². The summed E-state index contributed by atoms with van der Waals surface area (Å²) >= 11 is 0. The Bertz CT molecular complexity index is 332. The Labute approximate surface area is 122 Å². The number of hydrogen-bond acceptors (Lipinski definition) is 2. The van der Waals surface area contributed by atoms with Gasteiger partial charge in [-0.25, -0.2) is 4.79 Å². The number of hydrogen-bond donors (Lipinski definition) is 2. The quantitative estimate of drug-likeness (QED) is 0.777. The Kier molecular flexibility index (Phi) is 4.95. The molecule has 1 heterocycles. The molecule has 0 aromatic carbocycles. The molecule has 0 aromatic heterocycles. The van der Waals surface area contributed by atoms with E-state index < -0.39 is 6.10 Å². The van der Waals surface area contributed by atoms with Gasteiger partial charge in [-0.15, -0.1) is 0 Å². The SMILES string of the molecule is CC(C)(C)[C@@H]1CCN(C(=O)NC2CCCCC2)C[C@@H]1O. The summed E-state index contributed by atoms with van der Waals surface area (Å²) in [5.41, 5.74) is 0.103. The topological polar surface area (TPSA) is 52.6 Å². The first kappa shape index (κ1) is 15.6. The number of nitrogens with one attached hydrogen (secondary N) is 1. The van der Waals surface area contributed by atoms with Crippen LogP contribution in [0.2, 0.25) is 0 Å². The highest BCUT2D eigenvalue weighted by Gasteiger charge is 2.37. The second-order valence-electron chi connectivity index (χ2n) is 7.56. The van der Waals surface area contributed by atoms with Gasteiger partial charge >= 0.3 is 6.03 Å². The molecule has 1 aliphatic heterocycles. The molecule has 2 N–H and O–H groups in total. The van der Waals surface area contributed by atoms with Crippen LogP contribution in [0.4, 0.5) is 4.79 Å². The number of rotatable bonds is 1. The summed E-state index contributed by atoms with van der Waals surface area (Å²) in [7, 11) is 0. The molecular formula is C16H30N2O2. The molecule has 0 spiro atoms. The molecule has 2 aliphatic rings. The number of urea groups is 1. The lowest BCUT2D eigenvalue weighted by Gasteiger charge is -2.42. The molecule has 2 rings (SSSR count). The van der Waals surface area contributed by atoms with Gasteiger partial charge in [0.1, 0.15) is 0 Å². The summed E-state index contributed by atoms with van der Waals surface area (Å²) < 4.78 is 0. The van der Waals surface area contributed by atoms with Crippen molar-refractivity contribution in [3.63, 3.8) is 0 Å². The first-order chi connectivity index (χ1) is 9.38. The lowest BCUT2D eigenvalue weighted by molar-refractivity contribution is -0.0127. The maximum atomic E-state index is 12.3. The van der Waals surface area contributed by atoms with Gasteiger partial charge in [0.25, 0.3) is 0 Å². The summed E-state index contributed by atoms with van der Waals surface area (Å²) in [5.74, 6) is 0.279. The summed E-state index contributed by atoms with van der Waals surface area (Å²) in [6.45, 7) is 7.73. The molecule has 116 valence electrons. The number of piperidine rings is 1. The number of β-amino-alcohol motifs (C(OH)–C–C–N with tert-alkyl or cyclic N) is 1. The second-order valence-corrected chi connectivity index (χ2v) is 7.56. The predicted octanol–water partition coefficient (Wildman–Crippen LogP) is 2.76. The van der Waals surface area contributed by atoms with Gasteiger partial charge in [0.15, 0.2) is 0 Å². The first-order valence-electron chi connectivity index (χ1n) is 8.11. The molecule has 2 amide bonds. The van der Waals surface area contributed by atoms with Crippen molar-refractivity contribution in [1.82, 2.24) is 10.2 Å². The van der Waals surface area contributed by atoms with E-state index in [1.165, 1.54) is 19.3 Å². The van der Waals surface area contributed by atoms with Crippen molar-refractivity contribution in [2.75, 3.05) is 13.1 Å². The summed E-state index contributed by atoms with van der Waals surface area (Å²) in [4.78, 5) is 14.1. The minimum absolute atomic E-state index is 0.0170. The highest BCUT2D eigenvalue weighted by atomic mass is 16.3. The molecule has 0 bridgehead atoms. The third-order valence-corrected chi connectivity index (χ3v) is 4.91. The van der Waals surface area contributed by atoms with Crippen molar-refractivity contribution < 1.29 is 9.90 Å². The first-order valence-corrected chi connectivity index (χ1v) is 8.11. The van der Waals surface area contributed by atoms with E-state index in [0.717, 1.165) is 25.8 Å². The molecule has 0 radical (unpaired) electrons. The molecule has 4 heteroatoms. The van der Waals surface area contributed by atoms with Gasteiger partial charge < -0.3 is 15.3 Å². The number of carbonyl (C=O) groups excluding carboxylic acids is 1. The fourth-order valence-corrected chi connectivity index (χ4v) is 3.64. The number of nitrogens with zero attached hydrogens (tertiary/aromatic N) is 1. The number of carbonyl (C=O) groups is 1. The average molecular weight is 282 g/mol. The van der Waals surface area contributed by atoms with E-state index in [-0.39, 0.29) is 17.4 Å². The van der Waals surface area contributed by atoms with Crippen LogP contribution < -0.4 is 5.32 Å². The fraction of sp³-hybridized carbons (Fsp3) is 0.938. The van der Waals surface area contributed by atoms with Crippen LogP contribution in [-0.2, 0) is 0 Å². The van der Waals surface area contributed by atoms with Crippen LogP contribution in [0.25, 0.3) is 0 Å². The molecule has 0 aromatic rings.